The molecule has 3 nitrogen and oxygen atoms in total. The molecule has 72 valence electrons. The van der Waals surface area contributed by atoms with Crippen molar-refractivity contribution in [1.29, 1.82) is 0 Å². The van der Waals surface area contributed by atoms with E-state index in [9.17, 15) is 4.39 Å². The summed E-state index contributed by atoms with van der Waals surface area (Å²) in [7, 11) is 1.60. The third-order valence-electron chi connectivity index (χ3n) is 1.98. The summed E-state index contributed by atoms with van der Waals surface area (Å²) < 4.78 is 23.4. The summed E-state index contributed by atoms with van der Waals surface area (Å²) in [6, 6.07) is 0. The lowest BCUT2D eigenvalue weighted by molar-refractivity contribution is 0.00442. The Morgan fingerprint density at radius 3 is 2.92 bits per heavy atom. The van der Waals surface area contributed by atoms with Gasteiger partial charge in [0.1, 0.15) is 5.67 Å². The first kappa shape index (κ1) is 9.89. The minimum absolute atomic E-state index is 0.184. The second-order valence-corrected chi connectivity index (χ2v) is 3.12. The molecule has 0 radical (unpaired) electrons. The van der Waals surface area contributed by atoms with E-state index in [1.807, 2.05) is 0 Å². The largest absolute Gasteiger partial charge is 0.382 e. The van der Waals surface area contributed by atoms with Crippen molar-refractivity contribution in [1.82, 2.24) is 5.32 Å². The molecule has 0 bridgehead atoms. The van der Waals surface area contributed by atoms with Crippen LogP contribution >= 0.6 is 0 Å². The highest BCUT2D eigenvalue weighted by atomic mass is 19.1. The zero-order chi connectivity index (χ0) is 8.86. The smallest absolute Gasteiger partial charge is 0.147 e. The van der Waals surface area contributed by atoms with Crippen LogP contribution in [0.5, 0.6) is 0 Å². The van der Waals surface area contributed by atoms with Crippen molar-refractivity contribution in [3.8, 4) is 0 Å². The molecule has 1 atom stereocenters. The average molecular weight is 177 g/mol. The van der Waals surface area contributed by atoms with Gasteiger partial charge >= 0.3 is 0 Å². The SMILES string of the molecule is COCCOC[C@]1(F)CCNC1. The molecule has 0 aromatic carbocycles. The molecule has 1 N–H and O–H groups in total. The number of hydrogen-bond acceptors (Lipinski definition) is 3. The van der Waals surface area contributed by atoms with E-state index >= 15 is 0 Å². The maximum absolute atomic E-state index is 13.5. The number of rotatable bonds is 5. The van der Waals surface area contributed by atoms with Crippen LogP contribution in [0.3, 0.4) is 0 Å². The van der Waals surface area contributed by atoms with Crippen LogP contribution in [0, 0.1) is 0 Å². The Morgan fingerprint density at radius 1 is 1.50 bits per heavy atom. The van der Waals surface area contributed by atoms with Gasteiger partial charge in [0.15, 0.2) is 0 Å². The normalized spacial score (nSPS) is 29.5. The molecule has 1 aliphatic rings. The minimum atomic E-state index is -1.15. The van der Waals surface area contributed by atoms with E-state index in [1.165, 1.54) is 0 Å². The molecule has 0 spiro atoms. The molecular weight excluding hydrogens is 161 g/mol. The molecule has 1 heterocycles. The summed E-state index contributed by atoms with van der Waals surface area (Å²) in [5.41, 5.74) is -1.15. The molecule has 1 rings (SSSR count). The standard InChI is InChI=1S/C8H16FNO2/c1-11-4-5-12-7-8(9)2-3-10-6-8/h10H,2-7H2,1H3/t8-/m0/s1. The lowest BCUT2D eigenvalue weighted by atomic mass is 10.1. The second-order valence-electron chi connectivity index (χ2n) is 3.12. The Balaban J connectivity index is 2.05. The summed E-state index contributed by atoms with van der Waals surface area (Å²) in [5, 5.41) is 2.97. The third kappa shape index (κ3) is 3.05. The Hall–Kier alpha value is -0.190. The lowest BCUT2D eigenvalue weighted by Crippen LogP contribution is -2.32. The van der Waals surface area contributed by atoms with Gasteiger partial charge in [0.05, 0.1) is 19.8 Å². The van der Waals surface area contributed by atoms with Crippen molar-refractivity contribution in [3.05, 3.63) is 0 Å². The summed E-state index contributed by atoms with van der Waals surface area (Å²) in [4.78, 5) is 0. The van der Waals surface area contributed by atoms with E-state index in [2.05, 4.69) is 5.32 Å². The van der Waals surface area contributed by atoms with E-state index in [4.69, 9.17) is 9.47 Å². The molecular formula is C8H16FNO2. The summed E-state index contributed by atoms with van der Waals surface area (Å²) in [5.74, 6) is 0. The van der Waals surface area contributed by atoms with Crippen LogP contribution in [0.2, 0.25) is 0 Å². The molecule has 0 aromatic rings. The Labute approximate surface area is 72.2 Å². The number of halogens is 1. The van der Waals surface area contributed by atoms with Crippen LogP contribution in [-0.4, -0.2) is 45.7 Å². The van der Waals surface area contributed by atoms with E-state index < -0.39 is 5.67 Å². The second kappa shape index (κ2) is 4.74. The van der Waals surface area contributed by atoms with Crippen LogP contribution in [0.15, 0.2) is 0 Å². The van der Waals surface area contributed by atoms with E-state index in [0.29, 0.717) is 26.2 Å². The van der Waals surface area contributed by atoms with E-state index in [-0.39, 0.29) is 6.61 Å². The molecule has 12 heavy (non-hydrogen) atoms. The van der Waals surface area contributed by atoms with Crippen molar-refractivity contribution in [2.24, 2.45) is 0 Å². The van der Waals surface area contributed by atoms with Crippen molar-refractivity contribution in [2.45, 2.75) is 12.1 Å². The quantitative estimate of drug-likeness (QED) is 0.615. The zero-order valence-corrected chi connectivity index (χ0v) is 7.44. The van der Waals surface area contributed by atoms with Gasteiger partial charge in [-0.25, -0.2) is 4.39 Å². The van der Waals surface area contributed by atoms with Gasteiger partial charge in [-0.15, -0.1) is 0 Å². The van der Waals surface area contributed by atoms with Gasteiger partial charge in [-0.05, 0) is 13.0 Å². The average Bonchev–Trinajstić information content (AvgIpc) is 2.47. The maximum Gasteiger partial charge on any atom is 0.147 e. The minimum Gasteiger partial charge on any atom is -0.382 e. The first-order valence-corrected chi connectivity index (χ1v) is 4.23. The third-order valence-corrected chi connectivity index (χ3v) is 1.98. The van der Waals surface area contributed by atoms with Crippen molar-refractivity contribution < 1.29 is 13.9 Å². The van der Waals surface area contributed by atoms with Crippen LogP contribution in [0.4, 0.5) is 4.39 Å². The topological polar surface area (TPSA) is 30.5 Å². The molecule has 0 amide bonds. The van der Waals surface area contributed by atoms with Crippen LogP contribution in [0.25, 0.3) is 0 Å². The number of hydrogen-bond donors (Lipinski definition) is 1. The van der Waals surface area contributed by atoms with Gasteiger partial charge in [0.25, 0.3) is 0 Å². The predicted molar refractivity (Wildman–Crippen MR) is 44.0 cm³/mol. The van der Waals surface area contributed by atoms with Gasteiger partial charge in [-0.3, -0.25) is 0 Å². The van der Waals surface area contributed by atoms with Gasteiger partial charge in [0.2, 0.25) is 0 Å². The highest BCUT2D eigenvalue weighted by Gasteiger charge is 2.33. The van der Waals surface area contributed by atoms with Crippen LogP contribution in [0.1, 0.15) is 6.42 Å². The molecule has 0 aliphatic carbocycles. The number of methoxy groups -OCH3 is 1. The number of nitrogens with one attached hydrogen (secondary N) is 1. The van der Waals surface area contributed by atoms with Crippen molar-refractivity contribution >= 4 is 0 Å². The van der Waals surface area contributed by atoms with Crippen molar-refractivity contribution in [2.75, 3.05) is 40.0 Å². The Morgan fingerprint density at radius 2 is 2.33 bits per heavy atom. The fourth-order valence-electron chi connectivity index (χ4n) is 1.23. The fourth-order valence-corrected chi connectivity index (χ4v) is 1.23. The molecule has 0 unspecified atom stereocenters. The van der Waals surface area contributed by atoms with E-state index in [1.54, 1.807) is 7.11 Å². The maximum atomic E-state index is 13.5. The van der Waals surface area contributed by atoms with Gasteiger partial charge in [0, 0.05) is 13.7 Å². The van der Waals surface area contributed by atoms with Gasteiger partial charge in [-0.1, -0.05) is 0 Å². The molecule has 0 aromatic heterocycles. The van der Waals surface area contributed by atoms with E-state index in [0.717, 1.165) is 6.54 Å². The first-order valence-electron chi connectivity index (χ1n) is 4.23. The van der Waals surface area contributed by atoms with Gasteiger partial charge in [-0.2, -0.15) is 0 Å². The molecule has 1 saturated heterocycles. The lowest BCUT2D eigenvalue weighted by Gasteiger charge is -2.17. The van der Waals surface area contributed by atoms with Crippen LogP contribution in [-0.2, 0) is 9.47 Å². The highest BCUT2D eigenvalue weighted by molar-refractivity contribution is 4.87. The number of alkyl halides is 1. The summed E-state index contributed by atoms with van der Waals surface area (Å²) in [6.07, 6.45) is 0.556. The fraction of sp³-hybridized carbons (Fsp3) is 1.00. The monoisotopic (exact) mass is 177 g/mol. The molecule has 4 heteroatoms. The first-order chi connectivity index (χ1) is 5.77. The molecule has 0 saturated carbocycles. The zero-order valence-electron chi connectivity index (χ0n) is 7.44. The van der Waals surface area contributed by atoms with Crippen LogP contribution < -0.4 is 5.32 Å². The predicted octanol–water partition coefficient (Wildman–Crippen LogP) is 0.351. The highest BCUT2D eigenvalue weighted by Crippen LogP contribution is 2.19. The Kier molecular flexibility index (Phi) is 3.91. The molecule has 1 aliphatic heterocycles. The summed E-state index contributed by atoms with van der Waals surface area (Å²) in [6.45, 7) is 2.36. The van der Waals surface area contributed by atoms with Crippen molar-refractivity contribution in [3.63, 3.8) is 0 Å². The Bertz CT molecular complexity index is 126. The van der Waals surface area contributed by atoms with Gasteiger partial charge < -0.3 is 14.8 Å². The summed E-state index contributed by atoms with van der Waals surface area (Å²) >= 11 is 0. The molecule has 1 fully saturated rings. The number of ether oxygens (including phenoxy) is 2.